The third-order valence-corrected chi connectivity index (χ3v) is 5.62. The summed E-state index contributed by atoms with van der Waals surface area (Å²) in [5, 5.41) is 13.4. The zero-order valence-electron chi connectivity index (χ0n) is 15.9. The fraction of sp³-hybridized carbons (Fsp3) is 0.0909. The van der Waals surface area contributed by atoms with Gasteiger partial charge in [-0.05, 0) is 49.4 Å². The van der Waals surface area contributed by atoms with E-state index in [2.05, 4.69) is 21.1 Å². The highest BCUT2D eigenvalue weighted by Crippen LogP contribution is 2.34. The molecule has 0 saturated heterocycles. The van der Waals surface area contributed by atoms with E-state index in [0.29, 0.717) is 22.8 Å². The molecule has 0 aliphatic rings. The molecule has 30 heavy (non-hydrogen) atoms. The lowest BCUT2D eigenvalue weighted by Gasteiger charge is -2.02. The molecule has 6 nitrogen and oxygen atoms in total. The Labute approximate surface area is 175 Å². The zero-order valence-corrected chi connectivity index (χ0v) is 16.7. The predicted molar refractivity (Wildman–Crippen MR) is 114 cm³/mol. The molecule has 5 aromatic rings. The van der Waals surface area contributed by atoms with Crippen LogP contribution in [-0.2, 0) is 0 Å². The molecule has 1 unspecified atom stereocenters. The summed E-state index contributed by atoms with van der Waals surface area (Å²) >= 11 is 1.56. The molecule has 2 aromatic carbocycles. The number of fused-ring (bicyclic) bond motifs is 1. The van der Waals surface area contributed by atoms with E-state index in [1.54, 1.807) is 35.7 Å². The minimum Gasteiger partial charge on any atom is -0.336 e. The summed E-state index contributed by atoms with van der Waals surface area (Å²) < 4.78 is 16.0. The first-order valence-electron chi connectivity index (χ1n) is 9.26. The number of nitrogens with zero attached hydrogens (tertiary/aromatic N) is 5. The lowest BCUT2D eigenvalue weighted by atomic mass is 10.1. The summed E-state index contributed by atoms with van der Waals surface area (Å²) in [4.78, 5) is 12.5. The van der Waals surface area contributed by atoms with E-state index in [9.17, 15) is 4.39 Å². The summed E-state index contributed by atoms with van der Waals surface area (Å²) in [5.41, 5.74) is 7.12. The Morgan fingerprint density at radius 2 is 1.93 bits per heavy atom. The Morgan fingerprint density at radius 3 is 2.67 bits per heavy atom. The molecule has 5 rings (SSSR count). The number of benzene rings is 2. The number of rotatable bonds is 4. The molecule has 0 fully saturated rings. The second kappa shape index (κ2) is 7.21. The van der Waals surface area contributed by atoms with Crippen LogP contribution in [0.15, 0.2) is 60.2 Å². The van der Waals surface area contributed by atoms with Crippen molar-refractivity contribution >= 4 is 21.6 Å². The van der Waals surface area contributed by atoms with E-state index < -0.39 is 6.30 Å². The van der Waals surface area contributed by atoms with Gasteiger partial charge in [-0.25, -0.2) is 19.0 Å². The average molecular weight is 414 g/mol. The first-order chi connectivity index (χ1) is 14.6. The Morgan fingerprint density at radius 1 is 1.13 bits per heavy atom. The molecule has 0 amide bonds. The van der Waals surface area contributed by atoms with Crippen LogP contribution in [0.3, 0.4) is 0 Å². The van der Waals surface area contributed by atoms with Gasteiger partial charge in [-0.1, -0.05) is 6.07 Å². The van der Waals surface area contributed by atoms with Crippen LogP contribution < -0.4 is 0 Å². The van der Waals surface area contributed by atoms with Crippen molar-refractivity contribution in [2.24, 2.45) is 0 Å². The molecule has 146 valence electrons. The number of aromatic nitrogens is 5. The highest BCUT2D eigenvalue weighted by molar-refractivity contribution is 7.16. The van der Waals surface area contributed by atoms with Gasteiger partial charge in [0.1, 0.15) is 11.5 Å². The van der Waals surface area contributed by atoms with E-state index in [1.165, 1.54) is 11.6 Å². The second-order valence-corrected chi connectivity index (χ2v) is 7.67. The fourth-order valence-electron chi connectivity index (χ4n) is 3.28. The van der Waals surface area contributed by atoms with Crippen molar-refractivity contribution in [2.45, 2.75) is 13.2 Å². The van der Waals surface area contributed by atoms with Crippen molar-refractivity contribution in [2.75, 3.05) is 0 Å². The number of H-pyrrole nitrogens is 1. The van der Waals surface area contributed by atoms with Gasteiger partial charge in [-0.15, -0.1) is 11.3 Å². The Kier molecular flexibility index (Phi) is 4.38. The van der Waals surface area contributed by atoms with Gasteiger partial charge in [-0.3, -0.25) is 0 Å². The van der Waals surface area contributed by atoms with Crippen molar-refractivity contribution < 1.29 is 4.39 Å². The van der Waals surface area contributed by atoms with E-state index in [0.717, 1.165) is 27.0 Å². The normalized spacial score (nSPS) is 12.2. The number of hydrogen-bond acceptors (Lipinski definition) is 5. The molecule has 0 bridgehead atoms. The van der Waals surface area contributed by atoms with Gasteiger partial charge in [-0.2, -0.15) is 10.4 Å². The third-order valence-electron chi connectivity index (χ3n) is 4.82. The van der Waals surface area contributed by atoms with Crippen molar-refractivity contribution in [1.82, 2.24) is 24.7 Å². The molecule has 3 heterocycles. The second-order valence-electron chi connectivity index (χ2n) is 6.79. The van der Waals surface area contributed by atoms with Crippen LogP contribution in [0.2, 0.25) is 0 Å². The fourth-order valence-corrected chi connectivity index (χ4v) is 4.00. The molecule has 3 aromatic heterocycles. The lowest BCUT2D eigenvalue weighted by molar-refractivity contribution is 0.246. The van der Waals surface area contributed by atoms with Crippen molar-refractivity contribution in [1.29, 1.82) is 5.26 Å². The smallest absolute Gasteiger partial charge is 0.188 e. The molecule has 0 aliphatic heterocycles. The first kappa shape index (κ1) is 18.2. The predicted octanol–water partition coefficient (Wildman–Crippen LogP) is 5.58. The molecular formula is C22H15FN6S. The van der Waals surface area contributed by atoms with Gasteiger partial charge in [0.2, 0.25) is 0 Å². The van der Waals surface area contributed by atoms with Crippen LogP contribution in [0.1, 0.15) is 18.8 Å². The van der Waals surface area contributed by atoms with E-state index in [1.807, 2.05) is 35.8 Å². The maximum Gasteiger partial charge on any atom is 0.188 e. The van der Waals surface area contributed by atoms with Crippen molar-refractivity contribution in [3.63, 3.8) is 0 Å². The minimum atomic E-state index is -1.23. The van der Waals surface area contributed by atoms with Crippen LogP contribution in [0.5, 0.6) is 0 Å². The standard InChI is InChI=1S/C22H15FN6S/c1-13(23)29-9-8-18(28-29)21-20(16-6-7-17-19(10-16)30-12-25-17)26-22(27-21)15-4-2-14(11-24)3-5-15/h2-10,12-13H,1H3,(H,26,27). The lowest BCUT2D eigenvalue weighted by Crippen LogP contribution is -1.99. The minimum absolute atomic E-state index is 0.581. The number of thiazole rings is 1. The quantitative estimate of drug-likeness (QED) is 0.416. The summed E-state index contributed by atoms with van der Waals surface area (Å²) in [6.07, 6.45) is 0.384. The summed E-state index contributed by atoms with van der Waals surface area (Å²) in [6, 6.07) is 17.1. The monoisotopic (exact) mass is 414 g/mol. The zero-order chi connectivity index (χ0) is 20.7. The van der Waals surface area contributed by atoms with Crippen LogP contribution in [-0.4, -0.2) is 24.7 Å². The number of alkyl halides is 1. The summed E-state index contributed by atoms with van der Waals surface area (Å²) in [5.74, 6) is 0.650. The molecule has 0 aliphatic carbocycles. The number of hydrogen-bond donors (Lipinski definition) is 1. The summed E-state index contributed by atoms with van der Waals surface area (Å²) in [7, 11) is 0. The van der Waals surface area contributed by atoms with Crippen LogP contribution in [0.25, 0.3) is 44.2 Å². The number of halogens is 1. The van der Waals surface area contributed by atoms with Gasteiger partial charge < -0.3 is 4.98 Å². The van der Waals surface area contributed by atoms with Crippen molar-refractivity contribution in [3.05, 3.63) is 65.8 Å². The number of aromatic amines is 1. The number of nitrogens with one attached hydrogen (secondary N) is 1. The van der Waals surface area contributed by atoms with Crippen LogP contribution >= 0.6 is 11.3 Å². The van der Waals surface area contributed by atoms with Crippen LogP contribution in [0.4, 0.5) is 4.39 Å². The van der Waals surface area contributed by atoms with Gasteiger partial charge >= 0.3 is 0 Å². The Bertz CT molecular complexity index is 1390. The topological polar surface area (TPSA) is 83.2 Å². The Hall–Kier alpha value is -3.83. The third kappa shape index (κ3) is 3.15. The Balaban J connectivity index is 1.67. The maximum absolute atomic E-state index is 13.7. The van der Waals surface area contributed by atoms with E-state index in [-0.39, 0.29) is 0 Å². The van der Waals surface area contributed by atoms with E-state index in [4.69, 9.17) is 10.2 Å². The average Bonchev–Trinajstić information content (AvgIpc) is 3.51. The highest BCUT2D eigenvalue weighted by Gasteiger charge is 2.18. The summed E-state index contributed by atoms with van der Waals surface area (Å²) in [6.45, 7) is 1.44. The molecule has 1 N–H and O–H groups in total. The molecule has 8 heteroatoms. The van der Waals surface area contributed by atoms with Gasteiger partial charge in [0, 0.05) is 17.3 Å². The van der Waals surface area contributed by atoms with Gasteiger partial charge in [0.05, 0.1) is 38.7 Å². The number of nitriles is 1. The van der Waals surface area contributed by atoms with Gasteiger partial charge in [0.25, 0.3) is 0 Å². The molecule has 0 saturated carbocycles. The van der Waals surface area contributed by atoms with Crippen molar-refractivity contribution in [3.8, 4) is 40.1 Å². The largest absolute Gasteiger partial charge is 0.336 e. The number of imidazole rings is 1. The first-order valence-corrected chi connectivity index (χ1v) is 10.1. The molecule has 1 atom stereocenters. The highest BCUT2D eigenvalue weighted by atomic mass is 32.1. The molecular weight excluding hydrogens is 399 g/mol. The van der Waals surface area contributed by atoms with Crippen LogP contribution in [0, 0.1) is 11.3 Å². The maximum atomic E-state index is 13.7. The SMILES string of the molecule is CC(F)n1ccc(-c2[nH]c(-c3ccc(C#N)cc3)nc2-c2ccc3ncsc3c2)n1. The molecule has 0 spiro atoms. The van der Waals surface area contributed by atoms with Gasteiger partial charge in [0.15, 0.2) is 6.30 Å². The molecule has 0 radical (unpaired) electrons. The van der Waals surface area contributed by atoms with E-state index >= 15 is 0 Å².